The van der Waals surface area contributed by atoms with E-state index < -0.39 is 0 Å². The summed E-state index contributed by atoms with van der Waals surface area (Å²) in [5, 5.41) is 5.05. The first-order valence-electron chi connectivity index (χ1n) is 7.03. The van der Waals surface area contributed by atoms with Crippen molar-refractivity contribution in [2.75, 3.05) is 32.1 Å². The van der Waals surface area contributed by atoms with Crippen molar-refractivity contribution in [2.45, 2.75) is 12.6 Å². The highest BCUT2D eigenvalue weighted by Crippen LogP contribution is 2.28. The fourth-order valence-electron chi connectivity index (χ4n) is 2.75. The van der Waals surface area contributed by atoms with Crippen molar-refractivity contribution in [1.29, 1.82) is 0 Å². The van der Waals surface area contributed by atoms with Crippen molar-refractivity contribution in [1.82, 2.24) is 19.4 Å². The van der Waals surface area contributed by atoms with Gasteiger partial charge in [-0.3, -0.25) is 4.90 Å². The molecule has 7 heteroatoms. The van der Waals surface area contributed by atoms with Gasteiger partial charge < -0.3 is 10.3 Å². The lowest BCUT2D eigenvalue weighted by atomic mass is 10.0. The molecule has 0 aliphatic carbocycles. The van der Waals surface area contributed by atoms with Crippen molar-refractivity contribution < 1.29 is 0 Å². The molecule has 6 nitrogen and oxygen atoms in total. The molecule has 1 aliphatic heterocycles. The predicted octanol–water partition coefficient (Wildman–Crippen LogP) is 1.31. The Morgan fingerprint density at radius 3 is 2.90 bits per heavy atom. The minimum atomic E-state index is 0.372. The van der Waals surface area contributed by atoms with Crippen molar-refractivity contribution in [3.8, 4) is 0 Å². The second kappa shape index (κ2) is 6.48. The fourth-order valence-corrected chi connectivity index (χ4v) is 3.24. The number of piperazine rings is 1. The molecule has 112 valence electrons. The maximum atomic E-state index is 5.52. The van der Waals surface area contributed by atoms with Crippen LogP contribution in [0.5, 0.6) is 0 Å². The van der Waals surface area contributed by atoms with Gasteiger partial charge in [0.2, 0.25) is 0 Å². The summed E-state index contributed by atoms with van der Waals surface area (Å²) in [5.41, 5.74) is 4.95. The molecular weight excluding hydrogens is 284 g/mol. The van der Waals surface area contributed by atoms with Gasteiger partial charge in [0.25, 0.3) is 0 Å². The van der Waals surface area contributed by atoms with E-state index in [0.717, 1.165) is 36.9 Å². The van der Waals surface area contributed by atoms with Crippen LogP contribution >= 0.6 is 11.5 Å². The zero-order chi connectivity index (χ0) is 14.7. The molecule has 1 saturated heterocycles. The molecule has 2 heterocycles. The minimum absolute atomic E-state index is 0.372. The summed E-state index contributed by atoms with van der Waals surface area (Å²) < 4.78 is 3.98. The number of benzene rings is 1. The Morgan fingerprint density at radius 2 is 2.14 bits per heavy atom. The van der Waals surface area contributed by atoms with Gasteiger partial charge in [-0.05, 0) is 12.6 Å². The van der Waals surface area contributed by atoms with Crippen LogP contribution in [0.1, 0.15) is 17.3 Å². The van der Waals surface area contributed by atoms with Crippen LogP contribution in [-0.4, -0.2) is 46.1 Å². The first-order valence-corrected chi connectivity index (χ1v) is 7.80. The Hall–Kier alpha value is -1.54. The Balaban J connectivity index is 1.81. The number of nitrogens with two attached hydrogens (primary N) is 1. The number of aromatic nitrogens is 2. The molecule has 2 aromatic rings. The molecule has 0 amide bonds. The van der Waals surface area contributed by atoms with Gasteiger partial charge in [0.05, 0.1) is 0 Å². The molecule has 0 spiro atoms. The van der Waals surface area contributed by atoms with E-state index in [1.54, 1.807) is 0 Å². The lowest BCUT2D eigenvalue weighted by Crippen LogP contribution is -2.46. The van der Waals surface area contributed by atoms with E-state index in [1.165, 1.54) is 17.1 Å². The third-order valence-corrected chi connectivity index (χ3v) is 4.62. The van der Waals surface area contributed by atoms with Crippen LogP contribution in [0.25, 0.3) is 0 Å². The molecule has 0 bridgehead atoms. The van der Waals surface area contributed by atoms with Crippen molar-refractivity contribution in [3.05, 3.63) is 41.6 Å². The molecule has 3 N–H and O–H groups in total. The van der Waals surface area contributed by atoms with Gasteiger partial charge in [0, 0.05) is 43.8 Å². The summed E-state index contributed by atoms with van der Waals surface area (Å²) >= 11 is 1.30. The standard InChI is InChI=1S/C14H20N6S/c1-19-7-8-20(9-12-14(16-15)21-18-17-12)13(10-19)11-5-3-2-4-6-11/h2-6,13,16H,7-10,15H2,1H3. The summed E-state index contributed by atoms with van der Waals surface area (Å²) in [6.07, 6.45) is 0. The fraction of sp³-hybridized carbons (Fsp3) is 0.429. The van der Waals surface area contributed by atoms with Gasteiger partial charge in [0.15, 0.2) is 0 Å². The smallest absolute Gasteiger partial charge is 0.148 e. The number of likely N-dealkylation sites (N-methyl/N-ethyl adjacent to an activating group) is 1. The summed E-state index contributed by atoms with van der Waals surface area (Å²) in [7, 11) is 2.17. The first kappa shape index (κ1) is 14.4. The predicted molar refractivity (Wildman–Crippen MR) is 84.8 cm³/mol. The highest BCUT2D eigenvalue weighted by atomic mass is 32.1. The van der Waals surface area contributed by atoms with Crippen LogP contribution in [0.4, 0.5) is 5.00 Å². The van der Waals surface area contributed by atoms with E-state index in [1.807, 2.05) is 0 Å². The van der Waals surface area contributed by atoms with Crippen molar-refractivity contribution >= 4 is 16.5 Å². The monoisotopic (exact) mass is 304 g/mol. The SMILES string of the molecule is CN1CCN(Cc2nnsc2NN)C(c2ccccc2)C1. The molecule has 1 aromatic carbocycles. The molecule has 0 saturated carbocycles. The third-order valence-electron chi connectivity index (χ3n) is 3.92. The van der Waals surface area contributed by atoms with Crippen LogP contribution in [-0.2, 0) is 6.54 Å². The highest BCUT2D eigenvalue weighted by Gasteiger charge is 2.27. The quantitative estimate of drug-likeness (QED) is 0.656. The summed E-state index contributed by atoms with van der Waals surface area (Å²) in [4.78, 5) is 4.82. The van der Waals surface area contributed by atoms with Gasteiger partial charge >= 0.3 is 0 Å². The number of hydrazine groups is 1. The average molecular weight is 304 g/mol. The van der Waals surface area contributed by atoms with Gasteiger partial charge in [0.1, 0.15) is 10.7 Å². The Bertz CT molecular complexity index is 572. The first-order chi connectivity index (χ1) is 10.3. The van der Waals surface area contributed by atoms with E-state index >= 15 is 0 Å². The molecule has 1 aromatic heterocycles. The average Bonchev–Trinajstić information content (AvgIpc) is 2.97. The number of rotatable bonds is 4. The van der Waals surface area contributed by atoms with Crippen LogP contribution < -0.4 is 11.3 Å². The number of anilines is 1. The largest absolute Gasteiger partial charge is 0.313 e. The molecule has 21 heavy (non-hydrogen) atoms. The Labute approximate surface area is 128 Å². The normalized spacial score (nSPS) is 20.6. The van der Waals surface area contributed by atoms with E-state index in [0.29, 0.717) is 6.04 Å². The van der Waals surface area contributed by atoms with Crippen molar-refractivity contribution in [2.24, 2.45) is 5.84 Å². The van der Waals surface area contributed by atoms with E-state index in [9.17, 15) is 0 Å². The molecule has 1 fully saturated rings. The summed E-state index contributed by atoms with van der Waals surface area (Å²) in [6.45, 7) is 3.86. The summed E-state index contributed by atoms with van der Waals surface area (Å²) in [6, 6.07) is 11.0. The summed E-state index contributed by atoms with van der Waals surface area (Å²) in [5.74, 6) is 5.52. The lowest BCUT2D eigenvalue weighted by Gasteiger charge is -2.40. The molecule has 3 rings (SSSR count). The Kier molecular flexibility index (Phi) is 4.45. The number of hydrogen-bond acceptors (Lipinski definition) is 7. The zero-order valence-electron chi connectivity index (χ0n) is 12.1. The minimum Gasteiger partial charge on any atom is -0.313 e. The Morgan fingerprint density at radius 1 is 1.33 bits per heavy atom. The lowest BCUT2D eigenvalue weighted by molar-refractivity contribution is 0.0824. The highest BCUT2D eigenvalue weighted by molar-refractivity contribution is 7.10. The third kappa shape index (κ3) is 3.21. The molecule has 1 aliphatic rings. The zero-order valence-corrected chi connectivity index (χ0v) is 12.9. The van der Waals surface area contributed by atoms with Crippen LogP contribution in [0.3, 0.4) is 0 Å². The molecule has 0 radical (unpaired) electrons. The van der Waals surface area contributed by atoms with E-state index in [-0.39, 0.29) is 0 Å². The van der Waals surface area contributed by atoms with Crippen LogP contribution in [0.15, 0.2) is 30.3 Å². The second-order valence-electron chi connectivity index (χ2n) is 5.35. The van der Waals surface area contributed by atoms with Crippen molar-refractivity contribution in [3.63, 3.8) is 0 Å². The maximum absolute atomic E-state index is 5.52. The molecular formula is C14H20N6S. The van der Waals surface area contributed by atoms with Crippen LogP contribution in [0, 0.1) is 0 Å². The number of nitrogen functional groups attached to an aromatic ring is 1. The molecule has 1 unspecified atom stereocenters. The number of hydrogen-bond donors (Lipinski definition) is 2. The van der Waals surface area contributed by atoms with E-state index in [4.69, 9.17) is 5.84 Å². The topological polar surface area (TPSA) is 70.3 Å². The van der Waals surface area contributed by atoms with Gasteiger partial charge in [-0.2, -0.15) is 0 Å². The number of nitrogens with one attached hydrogen (secondary N) is 1. The number of nitrogens with zero attached hydrogens (tertiary/aromatic N) is 4. The molecule has 1 atom stereocenters. The second-order valence-corrected chi connectivity index (χ2v) is 6.11. The maximum Gasteiger partial charge on any atom is 0.148 e. The van der Waals surface area contributed by atoms with Gasteiger partial charge in [-0.25, -0.2) is 5.84 Å². The van der Waals surface area contributed by atoms with Gasteiger partial charge in [-0.1, -0.05) is 34.8 Å². The van der Waals surface area contributed by atoms with Crippen LogP contribution in [0.2, 0.25) is 0 Å². The van der Waals surface area contributed by atoms with E-state index in [2.05, 4.69) is 62.2 Å². The van der Waals surface area contributed by atoms with Gasteiger partial charge in [-0.15, -0.1) is 5.10 Å².